The summed E-state index contributed by atoms with van der Waals surface area (Å²) in [5, 5.41) is 6.34. The first-order valence-electron chi connectivity index (χ1n) is 4.47. The van der Waals surface area contributed by atoms with Gasteiger partial charge < -0.3 is 16.4 Å². The van der Waals surface area contributed by atoms with Crippen LogP contribution in [0, 0.1) is 0 Å². The summed E-state index contributed by atoms with van der Waals surface area (Å²) in [6, 6.07) is 0. The van der Waals surface area contributed by atoms with Gasteiger partial charge in [-0.3, -0.25) is 4.79 Å². The van der Waals surface area contributed by atoms with Gasteiger partial charge in [-0.2, -0.15) is 0 Å². The second kappa shape index (κ2) is 5.42. The molecule has 0 radical (unpaired) electrons. The summed E-state index contributed by atoms with van der Waals surface area (Å²) in [7, 11) is 0. The van der Waals surface area contributed by atoms with Crippen LogP contribution in [0.15, 0.2) is 0 Å². The van der Waals surface area contributed by atoms with Gasteiger partial charge in [-0.25, -0.2) is 0 Å². The van der Waals surface area contributed by atoms with E-state index in [2.05, 4.69) is 10.6 Å². The molecular formula is C8H18ClN3O. The quantitative estimate of drug-likeness (QED) is 0.592. The van der Waals surface area contributed by atoms with Crippen LogP contribution >= 0.6 is 12.4 Å². The van der Waals surface area contributed by atoms with Crippen molar-refractivity contribution >= 4 is 18.3 Å². The predicted molar refractivity (Wildman–Crippen MR) is 55.0 cm³/mol. The summed E-state index contributed by atoms with van der Waals surface area (Å²) in [5.74, 6) is -0.239. The molecule has 1 rings (SSSR count). The Morgan fingerprint density at radius 1 is 1.69 bits per heavy atom. The zero-order valence-corrected chi connectivity index (χ0v) is 8.75. The minimum absolute atomic E-state index is 0. The molecule has 1 saturated heterocycles. The van der Waals surface area contributed by atoms with E-state index in [0.717, 1.165) is 25.9 Å². The van der Waals surface area contributed by atoms with E-state index in [1.807, 2.05) is 6.92 Å². The van der Waals surface area contributed by atoms with Crippen LogP contribution in [-0.4, -0.2) is 31.1 Å². The Morgan fingerprint density at radius 3 is 2.77 bits per heavy atom. The van der Waals surface area contributed by atoms with Gasteiger partial charge in [-0.15, -0.1) is 12.4 Å². The maximum absolute atomic E-state index is 11.2. The number of rotatable bonds is 3. The fourth-order valence-corrected chi connectivity index (χ4v) is 1.69. The van der Waals surface area contributed by atoms with Crippen LogP contribution in [-0.2, 0) is 4.79 Å². The number of likely N-dealkylation sites (N-methyl/N-ethyl adjacent to an activating group) is 1. The van der Waals surface area contributed by atoms with E-state index in [-0.39, 0.29) is 18.3 Å². The zero-order chi connectivity index (χ0) is 9.03. The summed E-state index contributed by atoms with van der Waals surface area (Å²) in [4.78, 5) is 11.2. The average molecular weight is 208 g/mol. The molecule has 1 aliphatic rings. The van der Waals surface area contributed by atoms with Crippen molar-refractivity contribution in [1.82, 2.24) is 10.6 Å². The number of primary amides is 1. The molecule has 5 heteroatoms. The van der Waals surface area contributed by atoms with Crippen LogP contribution in [0.2, 0.25) is 0 Å². The maximum Gasteiger partial charge on any atom is 0.239 e. The van der Waals surface area contributed by atoms with E-state index in [4.69, 9.17) is 5.73 Å². The van der Waals surface area contributed by atoms with E-state index >= 15 is 0 Å². The molecule has 1 amide bonds. The van der Waals surface area contributed by atoms with Crippen LogP contribution in [0.5, 0.6) is 0 Å². The Kier molecular flexibility index (Phi) is 5.29. The summed E-state index contributed by atoms with van der Waals surface area (Å²) >= 11 is 0. The number of amides is 1. The third-order valence-electron chi connectivity index (χ3n) is 2.37. The van der Waals surface area contributed by atoms with E-state index < -0.39 is 5.54 Å². The van der Waals surface area contributed by atoms with Crippen LogP contribution in [0.1, 0.15) is 19.8 Å². The van der Waals surface area contributed by atoms with Gasteiger partial charge >= 0.3 is 0 Å². The molecule has 0 bridgehead atoms. The fraction of sp³-hybridized carbons (Fsp3) is 0.875. The number of hydrogen-bond acceptors (Lipinski definition) is 3. The number of carbonyl (C=O) groups excluding carboxylic acids is 1. The number of nitrogens with one attached hydrogen (secondary N) is 2. The van der Waals surface area contributed by atoms with Gasteiger partial charge in [0.05, 0.1) is 0 Å². The molecule has 13 heavy (non-hydrogen) atoms. The van der Waals surface area contributed by atoms with Crippen molar-refractivity contribution in [3.8, 4) is 0 Å². The van der Waals surface area contributed by atoms with Gasteiger partial charge in [0, 0.05) is 6.54 Å². The van der Waals surface area contributed by atoms with E-state index in [1.165, 1.54) is 0 Å². The highest BCUT2D eigenvalue weighted by Crippen LogP contribution is 2.14. The van der Waals surface area contributed by atoms with Crippen molar-refractivity contribution in [2.45, 2.75) is 25.3 Å². The fourth-order valence-electron chi connectivity index (χ4n) is 1.69. The van der Waals surface area contributed by atoms with Gasteiger partial charge in [-0.1, -0.05) is 6.92 Å². The monoisotopic (exact) mass is 207 g/mol. The Bertz CT molecular complexity index is 163. The topological polar surface area (TPSA) is 67.1 Å². The number of piperidine rings is 1. The molecule has 1 unspecified atom stereocenters. The highest BCUT2D eigenvalue weighted by molar-refractivity contribution is 5.85. The molecule has 4 N–H and O–H groups in total. The van der Waals surface area contributed by atoms with Crippen LogP contribution in [0.3, 0.4) is 0 Å². The van der Waals surface area contributed by atoms with Crippen molar-refractivity contribution in [3.63, 3.8) is 0 Å². The SMILES string of the molecule is CCNC1(C(N)=O)CCCNC1.Cl. The average Bonchev–Trinajstić information content (AvgIpc) is 2.06. The van der Waals surface area contributed by atoms with Gasteiger partial charge in [0.15, 0.2) is 0 Å². The Labute approximate surface area is 85.0 Å². The van der Waals surface area contributed by atoms with Crippen molar-refractivity contribution < 1.29 is 4.79 Å². The first-order valence-corrected chi connectivity index (χ1v) is 4.47. The molecule has 1 heterocycles. The maximum atomic E-state index is 11.2. The van der Waals surface area contributed by atoms with E-state index in [9.17, 15) is 4.79 Å². The molecule has 0 aromatic rings. The third-order valence-corrected chi connectivity index (χ3v) is 2.37. The van der Waals surface area contributed by atoms with Crippen LogP contribution in [0.4, 0.5) is 0 Å². The number of hydrogen-bond donors (Lipinski definition) is 3. The smallest absolute Gasteiger partial charge is 0.239 e. The lowest BCUT2D eigenvalue weighted by atomic mass is 9.89. The molecular weight excluding hydrogens is 190 g/mol. The normalized spacial score (nSPS) is 27.8. The molecule has 78 valence electrons. The molecule has 0 aromatic carbocycles. The third kappa shape index (κ3) is 2.83. The van der Waals surface area contributed by atoms with E-state index in [1.54, 1.807) is 0 Å². The van der Waals surface area contributed by atoms with Gasteiger partial charge in [0.1, 0.15) is 5.54 Å². The summed E-state index contributed by atoms with van der Waals surface area (Å²) < 4.78 is 0. The van der Waals surface area contributed by atoms with Gasteiger partial charge in [0.2, 0.25) is 5.91 Å². The Hall–Kier alpha value is -0.320. The summed E-state index contributed by atoms with van der Waals surface area (Å²) in [6.45, 7) is 4.42. The van der Waals surface area contributed by atoms with E-state index in [0.29, 0.717) is 6.54 Å². The van der Waals surface area contributed by atoms with Crippen molar-refractivity contribution in [1.29, 1.82) is 0 Å². The molecule has 0 spiro atoms. The lowest BCUT2D eigenvalue weighted by molar-refractivity contribution is -0.125. The molecule has 0 aromatic heterocycles. The van der Waals surface area contributed by atoms with Crippen molar-refractivity contribution in [3.05, 3.63) is 0 Å². The van der Waals surface area contributed by atoms with Crippen LogP contribution < -0.4 is 16.4 Å². The van der Waals surface area contributed by atoms with Crippen molar-refractivity contribution in [2.75, 3.05) is 19.6 Å². The lowest BCUT2D eigenvalue weighted by Crippen LogP contribution is -2.63. The van der Waals surface area contributed by atoms with Gasteiger partial charge in [-0.05, 0) is 25.9 Å². The van der Waals surface area contributed by atoms with Crippen LogP contribution in [0.25, 0.3) is 0 Å². The molecule has 0 saturated carbocycles. The summed E-state index contributed by atoms with van der Waals surface area (Å²) in [5.41, 5.74) is 4.85. The Morgan fingerprint density at radius 2 is 2.38 bits per heavy atom. The Balaban J connectivity index is 0.00000144. The second-order valence-corrected chi connectivity index (χ2v) is 3.26. The highest BCUT2D eigenvalue weighted by atomic mass is 35.5. The zero-order valence-electron chi connectivity index (χ0n) is 7.93. The second-order valence-electron chi connectivity index (χ2n) is 3.26. The minimum atomic E-state index is -0.493. The number of nitrogens with two attached hydrogens (primary N) is 1. The molecule has 1 fully saturated rings. The standard InChI is InChI=1S/C8H17N3O.ClH/c1-2-11-8(7(9)12)4-3-5-10-6-8;/h10-11H,2-6H2,1H3,(H2,9,12);1H. The largest absolute Gasteiger partial charge is 0.368 e. The summed E-state index contributed by atoms with van der Waals surface area (Å²) in [6.07, 6.45) is 1.86. The first-order chi connectivity index (χ1) is 5.71. The van der Waals surface area contributed by atoms with Crippen molar-refractivity contribution in [2.24, 2.45) is 5.73 Å². The first kappa shape index (κ1) is 12.7. The molecule has 1 aliphatic heterocycles. The predicted octanol–water partition coefficient (Wildman–Crippen LogP) is -0.375. The highest BCUT2D eigenvalue weighted by Gasteiger charge is 2.36. The lowest BCUT2D eigenvalue weighted by Gasteiger charge is -2.35. The molecule has 1 atom stereocenters. The minimum Gasteiger partial charge on any atom is -0.368 e. The van der Waals surface area contributed by atoms with Gasteiger partial charge in [0.25, 0.3) is 0 Å². The number of carbonyl (C=O) groups is 1. The molecule has 0 aliphatic carbocycles. The number of halogens is 1. The molecule has 4 nitrogen and oxygen atoms in total.